The molecule has 0 aliphatic carbocycles. The van der Waals surface area contributed by atoms with Crippen LogP contribution in [0.25, 0.3) is 0 Å². The maximum atomic E-state index is 12.0. The Hall–Kier alpha value is -2.40. The highest BCUT2D eigenvalue weighted by molar-refractivity contribution is 6.30. The standard InChI is InChI=1S/C15H12ClNO4/c1-10(12-3-2-4-14(9-12)17(19)20)21-15(18)11-5-7-13(16)8-6-11/h2-10H,1H3. The fourth-order valence-corrected chi connectivity index (χ4v) is 1.90. The van der Waals surface area contributed by atoms with E-state index in [4.69, 9.17) is 16.3 Å². The third kappa shape index (κ3) is 3.79. The summed E-state index contributed by atoms with van der Waals surface area (Å²) >= 11 is 5.75. The van der Waals surface area contributed by atoms with Crippen LogP contribution < -0.4 is 0 Å². The van der Waals surface area contributed by atoms with Gasteiger partial charge in [-0.2, -0.15) is 0 Å². The van der Waals surface area contributed by atoms with Gasteiger partial charge in [-0.05, 0) is 36.8 Å². The van der Waals surface area contributed by atoms with Crippen molar-refractivity contribution in [3.05, 3.63) is 74.8 Å². The van der Waals surface area contributed by atoms with E-state index in [9.17, 15) is 14.9 Å². The van der Waals surface area contributed by atoms with E-state index in [1.54, 1.807) is 43.3 Å². The van der Waals surface area contributed by atoms with Crippen LogP contribution >= 0.6 is 11.6 Å². The van der Waals surface area contributed by atoms with Crippen molar-refractivity contribution in [1.82, 2.24) is 0 Å². The molecule has 2 aromatic rings. The third-order valence-electron chi connectivity index (χ3n) is 2.91. The van der Waals surface area contributed by atoms with Gasteiger partial charge >= 0.3 is 5.97 Å². The second-order valence-corrected chi connectivity index (χ2v) is 4.84. The summed E-state index contributed by atoms with van der Waals surface area (Å²) in [6.07, 6.45) is -0.590. The van der Waals surface area contributed by atoms with Crippen molar-refractivity contribution in [3.8, 4) is 0 Å². The van der Waals surface area contributed by atoms with Gasteiger partial charge in [0.2, 0.25) is 0 Å². The zero-order chi connectivity index (χ0) is 15.4. The maximum Gasteiger partial charge on any atom is 0.338 e. The fraction of sp³-hybridized carbons (Fsp3) is 0.133. The SMILES string of the molecule is CC(OC(=O)c1ccc(Cl)cc1)c1cccc([N+](=O)[O-])c1. The lowest BCUT2D eigenvalue weighted by Gasteiger charge is -2.13. The summed E-state index contributed by atoms with van der Waals surface area (Å²) < 4.78 is 5.29. The maximum absolute atomic E-state index is 12.0. The predicted molar refractivity (Wildman–Crippen MR) is 78.4 cm³/mol. The van der Waals surface area contributed by atoms with E-state index in [0.29, 0.717) is 16.1 Å². The summed E-state index contributed by atoms with van der Waals surface area (Å²) in [5, 5.41) is 11.3. The van der Waals surface area contributed by atoms with Crippen LogP contribution in [-0.4, -0.2) is 10.9 Å². The van der Waals surface area contributed by atoms with Gasteiger partial charge in [-0.3, -0.25) is 10.1 Å². The molecule has 1 unspecified atom stereocenters. The smallest absolute Gasteiger partial charge is 0.338 e. The Bertz CT molecular complexity index is 670. The lowest BCUT2D eigenvalue weighted by atomic mass is 10.1. The summed E-state index contributed by atoms with van der Waals surface area (Å²) in [5.74, 6) is -0.509. The Labute approximate surface area is 126 Å². The highest BCUT2D eigenvalue weighted by Crippen LogP contribution is 2.23. The van der Waals surface area contributed by atoms with E-state index >= 15 is 0 Å². The van der Waals surface area contributed by atoms with Gasteiger partial charge in [0.25, 0.3) is 5.69 Å². The normalized spacial score (nSPS) is 11.7. The van der Waals surface area contributed by atoms with Crippen molar-refractivity contribution in [2.24, 2.45) is 0 Å². The molecule has 2 aromatic carbocycles. The first-order chi connectivity index (χ1) is 9.97. The second-order valence-electron chi connectivity index (χ2n) is 4.41. The summed E-state index contributed by atoms with van der Waals surface area (Å²) in [5.41, 5.74) is 0.894. The number of hydrogen-bond acceptors (Lipinski definition) is 4. The number of non-ortho nitro benzene ring substituents is 1. The zero-order valence-corrected chi connectivity index (χ0v) is 11.9. The number of hydrogen-bond donors (Lipinski definition) is 0. The number of rotatable bonds is 4. The Morgan fingerprint density at radius 1 is 1.24 bits per heavy atom. The molecule has 0 aliphatic rings. The fourth-order valence-electron chi connectivity index (χ4n) is 1.77. The Kier molecular flexibility index (Phi) is 4.55. The molecule has 0 saturated carbocycles. The molecule has 0 saturated heterocycles. The molecule has 2 rings (SSSR count). The van der Waals surface area contributed by atoms with Crippen molar-refractivity contribution >= 4 is 23.3 Å². The molecule has 21 heavy (non-hydrogen) atoms. The average molecular weight is 306 g/mol. The number of nitrogens with zero attached hydrogens (tertiary/aromatic N) is 1. The van der Waals surface area contributed by atoms with E-state index in [2.05, 4.69) is 0 Å². The highest BCUT2D eigenvalue weighted by atomic mass is 35.5. The molecular formula is C15H12ClNO4. The minimum Gasteiger partial charge on any atom is -0.454 e. The number of halogens is 1. The molecule has 0 bridgehead atoms. The van der Waals surface area contributed by atoms with Crippen LogP contribution in [0, 0.1) is 10.1 Å². The Morgan fingerprint density at radius 3 is 2.52 bits per heavy atom. The largest absolute Gasteiger partial charge is 0.454 e. The van der Waals surface area contributed by atoms with Crippen LogP contribution in [0.1, 0.15) is 28.9 Å². The minimum atomic E-state index is -0.590. The molecule has 108 valence electrons. The lowest BCUT2D eigenvalue weighted by Crippen LogP contribution is -2.09. The molecule has 6 heteroatoms. The van der Waals surface area contributed by atoms with Crippen LogP contribution in [0.5, 0.6) is 0 Å². The number of nitro groups is 1. The Morgan fingerprint density at radius 2 is 1.90 bits per heavy atom. The van der Waals surface area contributed by atoms with Gasteiger partial charge in [0, 0.05) is 17.2 Å². The Balaban J connectivity index is 2.12. The second kappa shape index (κ2) is 6.37. The van der Waals surface area contributed by atoms with Crippen molar-refractivity contribution in [2.75, 3.05) is 0 Å². The van der Waals surface area contributed by atoms with E-state index in [1.165, 1.54) is 12.1 Å². The lowest BCUT2D eigenvalue weighted by molar-refractivity contribution is -0.385. The monoisotopic (exact) mass is 305 g/mol. The molecule has 0 aromatic heterocycles. The molecule has 5 nitrogen and oxygen atoms in total. The summed E-state index contributed by atoms with van der Waals surface area (Å²) in [6.45, 7) is 1.66. The topological polar surface area (TPSA) is 69.4 Å². The summed E-state index contributed by atoms with van der Waals surface area (Å²) in [7, 11) is 0. The van der Waals surface area contributed by atoms with Crippen LogP contribution in [0.15, 0.2) is 48.5 Å². The quantitative estimate of drug-likeness (QED) is 0.483. The van der Waals surface area contributed by atoms with Gasteiger partial charge in [-0.1, -0.05) is 23.7 Å². The first-order valence-electron chi connectivity index (χ1n) is 6.18. The van der Waals surface area contributed by atoms with Crippen LogP contribution in [0.3, 0.4) is 0 Å². The van der Waals surface area contributed by atoms with Crippen LogP contribution in [-0.2, 0) is 4.74 Å². The molecule has 0 radical (unpaired) electrons. The molecule has 0 heterocycles. The molecular weight excluding hydrogens is 294 g/mol. The van der Waals surface area contributed by atoms with E-state index in [-0.39, 0.29) is 5.69 Å². The molecule has 1 atom stereocenters. The van der Waals surface area contributed by atoms with E-state index in [1.807, 2.05) is 0 Å². The van der Waals surface area contributed by atoms with Crippen molar-refractivity contribution in [3.63, 3.8) is 0 Å². The first-order valence-corrected chi connectivity index (χ1v) is 6.56. The van der Waals surface area contributed by atoms with Gasteiger partial charge < -0.3 is 4.74 Å². The number of esters is 1. The number of ether oxygens (including phenoxy) is 1. The van der Waals surface area contributed by atoms with E-state index in [0.717, 1.165) is 0 Å². The van der Waals surface area contributed by atoms with Crippen LogP contribution in [0.4, 0.5) is 5.69 Å². The predicted octanol–water partition coefficient (Wildman–Crippen LogP) is 4.17. The van der Waals surface area contributed by atoms with E-state index < -0.39 is 17.0 Å². The zero-order valence-electron chi connectivity index (χ0n) is 11.2. The summed E-state index contributed by atoms with van der Waals surface area (Å²) in [4.78, 5) is 22.2. The molecule has 0 aliphatic heterocycles. The summed E-state index contributed by atoms with van der Waals surface area (Å²) in [6, 6.07) is 12.3. The number of carbonyl (C=O) groups excluding carboxylic acids is 1. The average Bonchev–Trinajstić information content (AvgIpc) is 2.48. The van der Waals surface area contributed by atoms with Gasteiger partial charge in [-0.15, -0.1) is 0 Å². The van der Waals surface area contributed by atoms with Crippen molar-refractivity contribution < 1.29 is 14.5 Å². The number of nitro benzene ring substituents is 1. The highest BCUT2D eigenvalue weighted by Gasteiger charge is 2.16. The minimum absolute atomic E-state index is 0.0399. The number of carbonyl (C=O) groups is 1. The van der Waals surface area contributed by atoms with Crippen molar-refractivity contribution in [1.29, 1.82) is 0 Å². The van der Waals surface area contributed by atoms with Gasteiger partial charge in [-0.25, -0.2) is 4.79 Å². The first kappa shape index (κ1) is 15.0. The van der Waals surface area contributed by atoms with Gasteiger partial charge in [0.05, 0.1) is 10.5 Å². The van der Waals surface area contributed by atoms with Gasteiger partial charge in [0.15, 0.2) is 0 Å². The van der Waals surface area contributed by atoms with Gasteiger partial charge in [0.1, 0.15) is 6.10 Å². The van der Waals surface area contributed by atoms with Crippen molar-refractivity contribution in [2.45, 2.75) is 13.0 Å². The molecule has 0 N–H and O–H groups in total. The third-order valence-corrected chi connectivity index (χ3v) is 3.17. The molecule has 0 spiro atoms. The molecule has 0 fully saturated rings. The molecule has 0 amide bonds. The number of benzene rings is 2. The van der Waals surface area contributed by atoms with Crippen LogP contribution in [0.2, 0.25) is 5.02 Å².